The average Bonchev–Trinajstić information content (AvgIpc) is 3.31. The molecule has 0 amide bonds. The van der Waals surface area contributed by atoms with E-state index in [0.29, 0.717) is 0 Å². The van der Waals surface area contributed by atoms with Gasteiger partial charge in [0.15, 0.2) is 0 Å². The van der Waals surface area contributed by atoms with Gasteiger partial charge in [0.2, 0.25) is 0 Å². The van der Waals surface area contributed by atoms with E-state index in [2.05, 4.69) is 162 Å². The van der Waals surface area contributed by atoms with Gasteiger partial charge in [0.25, 0.3) is 0 Å². The van der Waals surface area contributed by atoms with Crippen LogP contribution in [0.3, 0.4) is 0 Å². The molecule has 0 fully saturated rings. The summed E-state index contributed by atoms with van der Waals surface area (Å²) in [4.78, 5) is 2.84. The predicted octanol–water partition coefficient (Wildman–Crippen LogP) is 15.7. The van der Waals surface area contributed by atoms with Gasteiger partial charge in [0, 0.05) is 43.1 Å². The molecule has 0 spiro atoms. The lowest BCUT2D eigenvalue weighted by atomic mass is 10.3. The molecule has 0 N–H and O–H groups in total. The first-order valence-electron chi connectivity index (χ1n) is 24.7. The number of hydrogen-bond donors (Lipinski definition) is 0. The zero-order valence-corrected chi connectivity index (χ0v) is 45.7. The molecule has 0 heterocycles. The summed E-state index contributed by atoms with van der Waals surface area (Å²) in [5.74, 6) is 0. The lowest BCUT2D eigenvalue weighted by Gasteiger charge is -2.41. The first kappa shape index (κ1) is 52.5. The molecule has 4 aromatic carbocycles. The summed E-state index contributed by atoms with van der Waals surface area (Å²) >= 11 is 3.85. The number of hydrogen-bond acceptors (Lipinski definition) is 3. The topological polar surface area (TPSA) is 3.24 Å². The quantitative estimate of drug-likeness (QED) is 0.0281. The minimum atomic E-state index is -1.64. The summed E-state index contributed by atoms with van der Waals surface area (Å²) < 4.78 is 3.06. The van der Waals surface area contributed by atoms with Crippen LogP contribution >= 0.6 is 39.7 Å². The van der Waals surface area contributed by atoms with Crippen LogP contribution in [0.5, 0.6) is 0 Å². The molecule has 0 radical (unpaired) electrons. The van der Waals surface area contributed by atoms with Crippen molar-refractivity contribution in [3.63, 3.8) is 0 Å². The highest BCUT2D eigenvalue weighted by Gasteiger charge is 2.37. The Morgan fingerprint density at radius 2 is 0.705 bits per heavy atom. The Hall–Kier alpha value is -1.17. The van der Waals surface area contributed by atoms with E-state index in [4.69, 9.17) is 0 Å². The van der Waals surface area contributed by atoms with E-state index >= 15 is 0 Å². The molecule has 0 aliphatic heterocycles. The summed E-state index contributed by atoms with van der Waals surface area (Å²) in [6, 6.07) is 48.8. The second kappa shape index (κ2) is 28.7. The Balaban J connectivity index is 2.04. The van der Waals surface area contributed by atoms with Crippen LogP contribution < -0.4 is 31.6 Å². The Labute approximate surface area is 389 Å². The van der Waals surface area contributed by atoms with E-state index < -0.39 is 32.3 Å². The van der Waals surface area contributed by atoms with Crippen LogP contribution in [0.25, 0.3) is 0 Å². The lowest BCUT2D eigenvalue weighted by molar-refractivity contribution is 0.646. The second-order valence-electron chi connectivity index (χ2n) is 17.7. The van der Waals surface area contributed by atoms with Crippen molar-refractivity contribution in [3.8, 4) is 0 Å². The fourth-order valence-corrected chi connectivity index (χ4v) is 28.9. The van der Waals surface area contributed by atoms with Gasteiger partial charge in [-0.1, -0.05) is 264 Å². The molecule has 4 rings (SSSR count). The SMILES string of the molecule is CCCCN(P(c1ccc([Si](CCCC)(CCCC)CCCC)cc1)c1ccc([Si](CCCC)(CCCC)CCCC)cc1)P(c1ccccc1SC)c1ccccc1SC. The number of nitrogens with zero attached hydrogens (tertiary/aromatic N) is 1. The van der Waals surface area contributed by atoms with Crippen LogP contribution in [-0.2, 0) is 0 Å². The molecule has 61 heavy (non-hydrogen) atoms. The molecule has 0 aliphatic carbocycles. The summed E-state index contributed by atoms with van der Waals surface area (Å²) in [5.41, 5.74) is 0. The molecule has 0 atom stereocenters. The van der Waals surface area contributed by atoms with Gasteiger partial charge in [-0.25, -0.2) is 4.44 Å². The molecule has 0 unspecified atom stereocenters. The molecule has 0 aliphatic rings. The molecule has 4 aromatic rings. The predicted molar refractivity (Wildman–Crippen MR) is 292 cm³/mol. The number of thioether (sulfide) groups is 2. The molecule has 336 valence electrons. The van der Waals surface area contributed by atoms with Crippen molar-refractivity contribution < 1.29 is 0 Å². The molecular formula is C54H85NP2S2Si2. The van der Waals surface area contributed by atoms with Gasteiger partial charge in [-0.3, -0.25) is 0 Å². The first-order chi connectivity index (χ1) is 29.9. The van der Waals surface area contributed by atoms with E-state index in [1.807, 2.05) is 23.5 Å². The third kappa shape index (κ3) is 14.4. The van der Waals surface area contributed by atoms with Crippen molar-refractivity contribution in [1.29, 1.82) is 0 Å². The van der Waals surface area contributed by atoms with Gasteiger partial charge in [0.1, 0.15) is 0 Å². The van der Waals surface area contributed by atoms with Crippen molar-refractivity contribution >= 4 is 87.4 Å². The summed E-state index contributed by atoms with van der Waals surface area (Å²) in [5, 5.41) is 9.57. The fraction of sp³-hybridized carbons (Fsp3) is 0.556. The minimum absolute atomic E-state index is 0.835. The van der Waals surface area contributed by atoms with Crippen molar-refractivity contribution in [2.24, 2.45) is 0 Å². The number of benzene rings is 4. The second-order valence-corrected chi connectivity index (χ2v) is 33.2. The normalized spacial score (nSPS) is 12.3. The highest BCUT2D eigenvalue weighted by molar-refractivity contribution is 8.00. The minimum Gasteiger partial charge on any atom is -0.245 e. The van der Waals surface area contributed by atoms with E-state index in [0.717, 1.165) is 6.54 Å². The van der Waals surface area contributed by atoms with Crippen LogP contribution in [0.1, 0.15) is 138 Å². The molecule has 7 heteroatoms. The van der Waals surface area contributed by atoms with Gasteiger partial charge in [-0.05, 0) is 41.7 Å². The van der Waals surface area contributed by atoms with Gasteiger partial charge in [0.05, 0.1) is 16.1 Å². The molecular weight excluding hydrogens is 845 g/mol. The zero-order chi connectivity index (χ0) is 43.9. The maximum Gasteiger partial charge on any atom is 0.0867 e. The zero-order valence-electron chi connectivity index (χ0n) is 40.2. The summed E-state index contributed by atoms with van der Waals surface area (Å²) in [6.07, 6.45) is 23.0. The molecule has 0 saturated carbocycles. The molecule has 1 nitrogen and oxygen atoms in total. The average molecular weight is 931 g/mol. The Bertz CT molecular complexity index is 1620. The van der Waals surface area contributed by atoms with Crippen molar-refractivity contribution in [2.75, 3.05) is 19.1 Å². The van der Waals surface area contributed by atoms with Crippen LogP contribution in [0, 0.1) is 0 Å². The highest BCUT2D eigenvalue weighted by atomic mass is 32.2. The monoisotopic (exact) mass is 930 g/mol. The standard InChI is InChI=1S/C54H85NP2S2Si2/c1-10-17-40-55(57(51-28-24-26-30-53(51)58-8)52-29-25-27-31-54(52)59-9)56(47-32-36-49(37-33-47)60(41-18-11-2,42-19-12-3)43-20-13-4)48-34-38-50(39-35-48)61(44-21-14-5,45-22-15-6)46-23-16-7/h24-39H,10-23,40-46H2,1-9H3. The smallest absolute Gasteiger partial charge is 0.0867 e. The van der Waals surface area contributed by atoms with Crippen molar-refractivity contribution in [3.05, 3.63) is 97.1 Å². The van der Waals surface area contributed by atoms with Gasteiger partial charge in [-0.15, -0.1) is 23.5 Å². The highest BCUT2D eigenvalue weighted by Crippen LogP contribution is 2.56. The van der Waals surface area contributed by atoms with Crippen molar-refractivity contribution in [2.45, 2.75) is 184 Å². The van der Waals surface area contributed by atoms with Crippen molar-refractivity contribution in [1.82, 2.24) is 4.44 Å². The van der Waals surface area contributed by atoms with E-state index in [1.54, 1.807) is 10.4 Å². The van der Waals surface area contributed by atoms with Crippen LogP contribution in [0.2, 0.25) is 36.3 Å². The summed E-state index contributed by atoms with van der Waals surface area (Å²) in [6.45, 7) is 17.9. The molecule has 0 bridgehead atoms. The van der Waals surface area contributed by atoms with Crippen LogP contribution in [-0.4, -0.2) is 39.6 Å². The van der Waals surface area contributed by atoms with Gasteiger partial charge >= 0.3 is 0 Å². The molecule has 0 saturated heterocycles. The maximum atomic E-state index is 3.06. The van der Waals surface area contributed by atoms with Gasteiger partial charge in [-0.2, -0.15) is 0 Å². The number of unbranched alkanes of at least 4 members (excludes halogenated alkanes) is 7. The third-order valence-electron chi connectivity index (χ3n) is 13.3. The Morgan fingerprint density at radius 3 is 1.00 bits per heavy atom. The summed E-state index contributed by atoms with van der Waals surface area (Å²) in [7, 11) is -4.95. The lowest BCUT2D eigenvalue weighted by Crippen LogP contribution is -2.48. The third-order valence-corrected chi connectivity index (χ3v) is 31.8. The van der Waals surface area contributed by atoms with E-state index in [9.17, 15) is 0 Å². The Morgan fingerprint density at radius 1 is 0.393 bits per heavy atom. The van der Waals surface area contributed by atoms with Gasteiger partial charge < -0.3 is 0 Å². The molecule has 0 aromatic heterocycles. The van der Waals surface area contributed by atoms with E-state index in [1.165, 1.54) is 157 Å². The Kier molecular flexibility index (Phi) is 24.7. The number of rotatable bonds is 31. The first-order valence-corrected chi connectivity index (χ1v) is 35.0. The van der Waals surface area contributed by atoms with E-state index in [-0.39, 0.29) is 0 Å². The fourth-order valence-electron chi connectivity index (χ4n) is 9.61. The van der Waals surface area contributed by atoms with Crippen LogP contribution in [0.4, 0.5) is 0 Å². The largest absolute Gasteiger partial charge is 0.245 e. The maximum absolute atomic E-state index is 3.06. The van der Waals surface area contributed by atoms with Crippen LogP contribution in [0.15, 0.2) is 107 Å².